The quantitative estimate of drug-likeness (QED) is 0.706. The largest absolute Gasteiger partial charge is 0.482 e. The molecule has 1 N–H and O–H groups in total. The molecular weight excluding hydrogens is 434 g/mol. The van der Waals surface area contributed by atoms with E-state index in [0.717, 1.165) is 31.4 Å². The SMILES string of the molecule is Cc1ccc(CNC(=O)CN2C(=O)COc3ccc(S(=O)(=O)N4CCCCCC4)cc32)o1. The highest BCUT2D eigenvalue weighted by atomic mass is 32.2. The van der Waals surface area contributed by atoms with E-state index in [9.17, 15) is 18.0 Å². The average Bonchev–Trinajstić information content (AvgIpc) is 3.00. The van der Waals surface area contributed by atoms with Crippen LogP contribution in [0.15, 0.2) is 39.6 Å². The minimum atomic E-state index is -3.71. The van der Waals surface area contributed by atoms with Crippen molar-refractivity contribution in [1.82, 2.24) is 9.62 Å². The van der Waals surface area contributed by atoms with Gasteiger partial charge in [-0.25, -0.2) is 8.42 Å². The summed E-state index contributed by atoms with van der Waals surface area (Å²) in [4.78, 5) is 26.4. The minimum Gasteiger partial charge on any atom is -0.482 e. The van der Waals surface area contributed by atoms with Gasteiger partial charge in [0, 0.05) is 13.1 Å². The number of furan rings is 1. The lowest BCUT2D eigenvalue weighted by Crippen LogP contribution is -2.45. The number of carbonyl (C=O) groups is 2. The van der Waals surface area contributed by atoms with Gasteiger partial charge >= 0.3 is 0 Å². The van der Waals surface area contributed by atoms with Gasteiger partial charge in [-0.15, -0.1) is 0 Å². The summed E-state index contributed by atoms with van der Waals surface area (Å²) in [5.74, 6) is 0.917. The predicted octanol–water partition coefficient (Wildman–Crippen LogP) is 2.19. The van der Waals surface area contributed by atoms with Crippen LogP contribution >= 0.6 is 0 Å². The van der Waals surface area contributed by atoms with Gasteiger partial charge < -0.3 is 14.5 Å². The number of nitrogens with zero attached hydrogens (tertiary/aromatic N) is 2. The number of benzene rings is 1. The molecule has 1 aromatic carbocycles. The fourth-order valence-corrected chi connectivity index (χ4v) is 5.45. The fraction of sp³-hybridized carbons (Fsp3) is 0.455. The average molecular weight is 462 g/mol. The Balaban J connectivity index is 1.53. The van der Waals surface area contributed by atoms with Crippen molar-refractivity contribution >= 4 is 27.5 Å². The molecule has 0 unspecified atom stereocenters. The molecule has 10 heteroatoms. The molecule has 32 heavy (non-hydrogen) atoms. The Kier molecular flexibility index (Phi) is 6.52. The molecule has 1 fully saturated rings. The highest BCUT2D eigenvalue weighted by Gasteiger charge is 2.31. The van der Waals surface area contributed by atoms with E-state index in [1.54, 1.807) is 18.2 Å². The predicted molar refractivity (Wildman–Crippen MR) is 117 cm³/mol. The second kappa shape index (κ2) is 9.33. The van der Waals surface area contributed by atoms with E-state index < -0.39 is 15.9 Å². The minimum absolute atomic E-state index is 0.0907. The number of hydrogen-bond acceptors (Lipinski definition) is 6. The number of anilines is 1. The summed E-state index contributed by atoms with van der Waals surface area (Å²) in [6.45, 7) is 2.51. The van der Waals surface area contributed by atoms with Crippen molar-refractivity contribution < 1.29 is 27.2 Å². The van der Waals surface area contributed by atoms with E-state index in [-0.39, 0.29) is 36.2 Å². The second-order valence-electron chi connectivity index (χ2n) is 8.01. The third-order valence-electron chi connectivity index (χ3n) is 5.63. The van der Waals surface area contributed by atoms with Crippen LogP contribution < -0.4 is 15.0 Å². The van der Waals surface area contributed by atoms with E-state index in [0.29, 0.717) is 24.6 Å². The number of carbonyl (C=O) groups excluding carboxylic acids is 2. The van der Waals surface area contributed by atoms with Gasteiger partial charge in [-0.05, 0) is 50.1 Å². The van der Waals surface area contributed by atoms with Gasteiger partial charge in [0.05, 0.1) is 17.1 Å². The molecule has 1 saturated heterocycles. The first-order valence-electron chi connectivity index (χ1n) is 10.7. The van der Waals surface area contributed by atoms with Crippen molar-refractivity contribution in [3.8, 4) is 5.75 Å². The number of rotatable bonds is 6. The zero-order valence-electron chi connectivity index (χ0n) is 18.0. The van der Waals surface area contributed by atoms with Gasteiger partial charge in [-0.1, -0.05) is 12.8 Å². The van der Waals surface area contributed by atoms with E-state index >= 15 is 0 Å². The molecule has 0 radical (unpaired) electrons. The lowest BCUT2D eigenvalue weighted by molar-refractivity contribution is -0.125. The van der Waals surface area contributed by atoms with Crippen LogP contribution in [0.5, 0.6) is 5.75 Å². The zero-order valence-corrected chi connectivity index (χ0v) is 18.8. The summed E-state index contributed by atoms with van der Waals surface area (Å²) in [7, 11) is -3.71. The first kappa shape index (κ1) is 22.3. The maximum Gasteiger partial charge on any atom is 0.265 e. The molecule has 172 valence electrons. The van der Waals surface area contributed by atoms with Crippen LogP contribution in [-0.4, -0.2) is 50.8 Å². The summed E-state index contributed by atoms with van der Waals surface area (Å²) in [6, 6.07) is 8.03. The number of ether oxygens (including phenoxy) is 1. The van der Waals surface area contributed by atoms with Gasteiger partial charge in [0.25, 0.3) is 5.91 Å². The summed E-state index contributed by atoms with van der Waals surface area (Å²) in [5.41, 5.74) is 0.279. The van der Waals surface area contributed by atoms with Crippen LogP contribution in [0.25, 0.3) is 0 Å². The van der Waals surface area contributed by atoms with Gasteiger partial charge in [-0.2, -0.15) is 4.31 Å². The van der Waals surface area contributed by atoms with Gasteiger partial charge in [0.15, 0.2) is 6.61 Å². The molecule has 1 aromatic heterocycles. The number of aryl methyl sites for hydroxylation is 1. The monoisotopic (exact) mass is 461 g/mol. The molecule has 9 nitrogen and oxygen atoms in total. The van der Waals surface area contributed by atoms with Gasteiger partial charge in [0.1, 0.15) is 23.8 Å². The third kappa shape index (κ3) is 4.81. The smallest absolute Gasteiger partial charge is 0.265 e. The molecule has 2 aliphatic heterocycles. The number of sulfonamides is 1. The van der Waals surface area contributed by atoms with E-state index in [4.69, 9.17) is 9.15 Å². The normalized spacial score (nSPS) is 17.4. The molecule has 2 aliphatic rings. The lowest BCUT2D eigenvalue weighted by atomic mass is 10.2. The Morgan fingerprint density at radius 1 is 1.09 bits per heavy atom. The third-order valence-corrected chi connectivity index (χ3v) is 7.53. The molecule has 0 aliphatic carbocycles. The highest BCUT2D eigenvalue weighted by molar-refractivity contribution is 7.89. The van der Waals surface area contributed by atoms with Crippen molar-refractivity contribution in [2.75, 3.05) is 31.1 Å². The highest BCUT2D eigenvalue weighted by Crippen LogP contribution is 2.35. The molecule has 0 spiro atoms. The standard InChI is InChI=1S/C22H27N3O6S/c1-16-6-7-17(31-16)13-23-21(26)14-25-19-12-18(8-9-20(19)30-15-22(25)27)32(28,29)24-10-4-2-3-5-11-24/h6-9,12H,2-5,10-11,13-15H2,1H3,(H,23,26). The molecule has 0 saturated carbocycles. The van der Waals surface area contributed by atoms with E-state index in [1.165, 1.54) is 21.3 Å². The van der Waals surface area contributed by atoms with E-state index in [2.05, 4.69) is 5.32 Å². The van der Waals surface area contributed by atoms with Crippen LogP contribution in [0.3, 0.4) is 0 Å². The van der Waals surface area contributed by atoms with Crippen molar-refractivity contribution in [3.05, 3.63) is 41.9 Å². The summed E-state index contributed by atoms with van der Waals surface area (Å²) in [5, 5.41) is 2.72. The number of fused-ring (bicyclic) bond motifs is 1. The van der Waals surface area contributed by atoms with Crippen molar-refractivity contribution in [1.29, 1.82) is 0 Å². The number of nitrogens with one attached hydrogen (secondary N) is 1. The Bertz CT molecular complexity index is 1100. The molecular formula is C22H27N3O6S. The number of amides is 2. The van der Waals surface area contributed by atoms with E-state index in [1.807, 2.05) is 6.92 Å². The first-order valence-corrected chi connectivity index (χ1v) is 12.2. The molecule has 2 aromatic rings. The maximum absolute atomic E-state index is 13.2. The second-order valence-corrected chi connectivity index (χ2v) is 9.94. The van der Waals surface area contributed by atoms with Gasteiger partial charge in [-0.3, -0.25) is 14.5 Å². The Labute approximate surface area is 187 Å². The van der Waals surface area contributed by atoms with Crippen molar-refractivity contribution in [2.24, 2.45) is 0 Å². The van der Waals surface area contributed by atoms with Crippen molar-refractivity contribution in [2.45, 2.75) is 44.0 Å². The first-order chi connectivity index (χ1) is 15.3. The molecule has 2 amide bonds. The maximum atomic E-state index is 13.2. The molecule has 0 atom stereocenters. The Morgan fingerprint density at radius 3 is 2.53 bits per heavy atom. The topological polar surface area (TPSA) is 109 Å². The van der Waals surface area contributed by atoms with Crippen LogP contribution in [0.2, 0.25) is 0 Å². The van der Waals surface area contributed by atoms with Gasteiger partial charge in [0.2, 0.25) is 15.9 Å². The Morgan fingerprint density at radius 2 is 1.84 bits per heavy atom. The lowest BCUT2D eigenvalue weighted by Gasteiger charge is -2.29. The van der Waals surface area contributed by atoms with Crippen LogP contribution in [-0.2, 0) is 26.2 Å². The summed E-state index contributed by atoms with van der Waals surface area (Å²) in [6.07, 6.45) is 3.68. The fourth-order valence-electron chi connectivity index (χ4n) is 3.91. The molecule has 4 rings (SSSR count). The van der Waals surface area contributed by atoms with Crippen molar-refractivity contribution in [3.63, 3.8) is 0 Å². The van der Waals surface area contributed by atoms with Crippen LogP contribution in [0.4, 0.5) is 5.69 Å². The van der Waals surface area contributed by atoms with Crippen LogP contribution in [0, 0.1) is 6.92 Å². The van der Waals surface area contributed by atoms with Crippen LogP contribution in [0.1, 0.15) is 37.2 Å². The Hall–Kier alpha value is -2.85. The molecule has 3 heterocycles. The number of hydrogen-bond donors (Lipinski definition) is 1. The zero-order chi connectivity index (χ0) is 22.7. The molecule has 0 bridgehead atoms. The summed E-state index contributed by atoms with van der Waals surface area (Å²) < 4.78 is 38.8. The summed E-state index contributed by atoms with van der Waals surface area (Å²) >= 11 is 0.